The van der Waals surface area contributed by atoms with E-state index < -0.39 is 0 Å². The minimum Gasteiger partial charge on any atom is -0.396 e. The Balaban J connectivity index is 2.47. The van der Waals surface area contributed by atoms with E-state index in [0.29, 0.717) is 16.1 Å². The highest BCUT2D eigenvalue weighted by Crippen LogP contribution is 2.30. The molecule has 0 aliphatic carbocycles. The second kappa shape index (κ2) is 5.41. The molecule has 0 aromatic heterocycles. The van der Waals surface area contributed by atoms with Gasteiger partial charge in [-0.1, -0.05) is 46.9 Å². The summed E-state index contributed by atoms with van der Waals surface area (Å²) in [6, 6.07) is 8.12. The Morgan fingerprint density at radius 1 is 0.947 bits per heavy atom. The van der Waals surface area contributed by atoms with Crippen molar-refractivity contribution in [2.75, 3.05) is 5.73 Å². The predicted molar refractivity (Wildman–Crippen MR) is 80.5 cm³/mol. The Labute approximate surface area is 126 Å². The molecule has 0 saturated heterocycles. The van der Waals surface area contributed by atoms with Crippen molar-refractivity contribution in [2.45, 2.75) is 6.92 Å². The number of halogens is 3. The summed E-state index contributed by atoms with van der Waals surface area (Å²) in [6.07, 6.45) is 0. The highest BCUT2D eigenvalue weighted by atomic mass is 35.5. The fourth-order valence-electron chi connectivity index (χ4n) is 1.62. The predicted octanol–water partition coefficient (Wildman–Crippen LogP) is 4.77. The molecule has 0 fully saturated rings. The van der Waals surface area contributed by atoms with Gasteiger partial charge in [0.2, 0.25) is 0 Å². The van der Waals surface area contributed by atoms with E-state index in [1.165, 1.54) is 12.1 Å². The molecule has 0 heterocycles. The summed E-state index contributed by atoms with van der Waals surface area (Å²) in [5.74, 6) is -0.203. The second-order valence-corrected chi connectivity index (χ2v) is 5.37. The SMILES string of the molecule is Cc1ccc(C(=O)c2cc(Cl)c(N)c(Cl)c2)cc1Cl. The van der Waals surface area contributed by atoms with Crippen molar-refractivity contribution >= 4 is 46.3 Å². The molecular formula is C14H10Cl3NO. The molecule has 0 saturated carbocycles. The molecule has 0 radical (unpaired) electrons. The minimum atomic E-state index is -0.203. The number of rotatable bonds is 2. The van der Waals surface area contributed by atoms with E-state index in [1.807, 2.05) is 6.92 Å². The van der Waals surface area contributed by atoms with Crippen LogP contribution in [0.1, 0.15) is 21.5 Å². The molecule has 19 heavy (non-hydrogen) atoms. The molecule has 0 amide bonds. The number of carbonyl (C=O) groups excluding carboxylic acids is 1. The van der Waals surface area contributed by atoms with Crippen LogP contribution in [-0.2, 0) is 0 Å². The van der Waals surface area contributed by atoms with Crippen LogP contribution < -0.4 is 5.73 Å². The molecule has 0 bridgehead atoms. The van der Waals surface area contributed by atoms with Gasteiger partial charge < -0.3 is 5.73 Å². The Hall–Kier alpha value is -1.22. The number of ketones is 1. The summed E-state index contributed by atoms with van der Waals surface area (Å²) in [7, 11) is 0. The van der Waals surface area contributed by atoms with Crippen molar-refractivity contribution in [2.24, 2.45) is 0 Å². The van der Waals surface area contributed by atoms with Crippen LogP contribution >= 0.6 is 34.8 Å². The first-order valence-corrected chi connectivity index (χ1v) is 6.59. The van der Waals surface area contributed by atoms with Gasteiger partial charge in [-0.15, -0.1) is 0 Å². The first-order valence-electron chi connectivity index (χ1n) is 5.45. The zero-order valence-electron chi connectivity index (χ0n) is 10.0. The van der Waals surface area contributed by atoms with Gasteiger partial charge in [-0.25, -0.2) is 0 Å². The van der Waals surface area contributed by atoms with Crippen molar-refractivity contribution in [3.8, 4) is 0 Å². The Morgan fingerprint density at radius 3 is 2.00 bits per heavy atom. The molecule has 98 valence electrons. The number of benzene rings is 2. The molecule has 0 aliphatic heterocycles. The van der Waals surface area contributed by atoms with E-state index in [9.17, 15) is 4.79 Å². The Bertz CT molecular complexity index is 645. The molecule has 0 aliphatic rings. The van der Waals surface area contributed by atoms with Crippen LogP contribution in [0.25, 0.3) is 0 Å². The fourth-order valence-corrected chi connectivity index (χ4v) is 2.28. The van der Waals surface area contributed by atoms with E-state index in [2.05, 4.69) is 0 Å². The number of nitrogens with two attached hydrogens (primary N) is 1. The standard InChI is InChI=1S/C14H10Cl3NO/c1-7-2-3-8(4-10(7)15)14(19)9-5-11(16)13(18)12(17)6-9/h2-6H,18H2,1H3. The van der Waals surface area contributed by atoms with Crippen LogP contribution in [0.5, 0.6) is 0 Å². The van der Waals surface area contributed by atoms with Crippen LogP contribution in [0, 0.1) is 6.92 Å². The van der Waals surface area contributed by atoms with Gasteiger partial charge in [-0.3, -0.25) is 4.79 Å². The number of hydrogen-bond acceptors (Lipinski definition) is 2. The van der Waals surface area contributed by atoms with Crippen molar-refractivity contribution in [3.05, 3.63) is 62.1 Å². The minimum absolute atomic E-state index is 0.203. The zero-order valence-corrected chi connectivity index (χ0v) is 12.3. The lowest BCUT2D eigenvalue weighted by molar-refractivity contribution is 0.103. The highest BCUT2D eigenvalue weighted by Gasteiger charge is 2.14. The Kier molecular flexibility index (Phi) is 4.04. The maximum atomic E-state index is 12.3. The quantitative estimate of drug-likeness (QED) is 0.641. The molecule has 2 nitrogen and oxygen atoms in total. The van der Waals surface area contributed by atoms with Gasteiger partial charge in [0, 0.05) is 16.1 Å². The summed E-state index contributed by atoms with van der Waals surface area (Å²) < 4.78 is 0. The topological polar surface area (TPSA) is 43.1 Å². The molecule has 0 atom stereocenters. The monoisotopic (exact) mass is 313 g/mol. The zero-order chi connectivity index (χ0) is 14.2. The molecule has 2 N–H and O–H groups in total. The van der Waals surface area contributed by atoms with Crippen LogP contribution in [0.15, 0.2) is 30.3 Å². The molecule has 2 aromatic carbocycles. The summed E-state index contributed by atoms with van der Waals surface area (Å²) >= 11 is 17.8. The van der Waals surface area contributed by atoms with Gasteiger partial charge in [-0.2, -0.15) is 0 Å². The van der Waals surface area contributed by atoms with Crippen LogP contribution in [0.2, 0.25) is 15.1 Å². The van der Waals surface area contributed by atoms with Gasteiger partial charge in [0.05, 0.1) is 15.7 Å². The van der Waals surface area contributed by atoms with E-state index in [0.717, 1.165) is 5.56 Å². The van der Waals surface area contributed by atoms with Crippen molar-refractivity contribution < 1.29 is 4.79 Å². The van der Waals surface area contributed by atoms with Gasteiger partial charge in [0.25, 0.3) is 0 Å². The normalized spacial score (nSPS) is 10.5. The van der Waals surface area contributed by atoms with Gasteiger partial charge in [0.15, 0.2) is 5.78 Å². The smallest absolute Gasteiger partial charge is 0.193 e. The Morgan fingerprint density at radius 2 is 1.47 bits per heavy atom. The van der Waals surface area contributed by atoms with Crippen molar-refractivity contribution in [3.63, 3.8) is 0 Å². The van der Waals surface area contributed by atoms with E-state index in [1.54, 1.807) is 18.2 Å². The van der Waals surface area contributed by atoms with Crippen LogP contribution in [0.3, 0.4) is 0 Å². The molecular weight excluding hydrogens is 305 g/mol. The van der Waals surface area contributed by atoms with Gasteiger partial charge in [-0.05, 0) is 30.7 Å². The lowest BCUT2D eigenvalue weighted by atomic mass is 10.0. The molecule has 2 rings (SSSR count). The number of anilines is 1. The van der Waals surface area contributed by atoms with Crippen LogP contribution in [-0.4, -0.2) is 5.78 Å². The molecule has 5 heteroatoms. The fraction of sp³-hybridized carbons (Fsp3) is 0.0714. The highest BCUT2D eigenvalue weighted by molar-refractivity contribution is 6.39. The third kappa shape index (κ3) is 2.86. The van der Waals surface area contributed by atoms with Crippen molar-refractivity contribution in [1.82, 2.24) is 0 Å². The summed E-state index contributed by atoms with van der Waals surface area (Å²) in [6.45, 7) is 1.87. The third-order valence-corrected chi connectivity index (χ3v) is 3.81. The van der Waals surface area contributed by atoms with Crippen LogP contribution in [0.4, 0.5) is 5.69 Å². The largest absolute Gasteiger partial charge is 0.396 e. The third-order valence-electron chi connectivity index (χ3n) is 2.78. The molecule has 0 unspecified atom stereocenters. The maximum absolute atomic E-state index is 12.3. The average molecular weight is 315 g/mol. The van der Waals surface area contributed by atoms with Gasteiger partial charge >= 0.3 is 0 Å². The first kappa shape index (κ1) is 14.2. The van der Waals surface area contributed by atoms with Crippen molar-refractivity contribution in [1.29, 1.82) is 0 Å². The van der Waals surface area contributed by atoms with Gasteiger partial charge in [0.1, 0.15) is 0 Å². The molecule has 2 aromatic rings. The number of nitrogen functional groups attached to an aromatic ring is 1. The van der Waals surface area contributed by atoms with E-state index in [4.69, 9.17) is 40.5 Å². The lowest BCUT2D eigenvalue weighted by Gasteiger charge is -2.07. The first-order chi connectivity index (χ1) is 8.90. The summed E-state index contributed by atoms with van der Waals surface area (Å²) in [4.78, 5) is 12.3. The lowest BCUT2D eigenvalue weighted by Crippen LogP contribution is -2.03. The second-order valence-electron chi connectivity index (χ2n) is 4.15. The van der Waals surface area contributed by atoms with E-state index in [-0.39, 0.29) is 21.5 Å². The average Bonchev–Trinajstić information content (AvgIpc) is 2.37. The summed E-state index contributed by atoms with van der Waals surface area (Å²) in [5.41, 5.74) is 7.67. The number of aryl methyl sites for hydroxylation is 1. The molecule has 0 spiro atoms. The summed E-state index contributed by atoms with van der Waals surface area (Å²) in [5, 5.41) is 1.06. The maximum Gasteiger partial charge on any atom is 0.193 e. The number of hydrogen-bond donors (Lipinski definition) is 1. The number of carbonyl (C=O) groups is 1. The van der Waals surface area contributed by atoms with E-state index >= 15 is 0 Å².